The van der Waals surface area contributed by atoms with Gasteiger partial charge in [-0.15, -0.1) is 0 Å². The van der Waals surface area contributed by atoms with Gasteiger partial charge in [-0.2, -0.15) is 0 Å². The third-order valence-electron chi connectivity index (χ3n) is 8.23. The quantitative estimate of drug-likeness (QED) is 0.847. The average molecular weight is 371 g/mol. The van der Waals surface area contributed by atoms with Crippen LogP contribution in [0.5, 0.6) is 0 Å². The molecular weight excluding hydrogens is 341 g/mol. The number of hydrogen-bond donors (Lipinski definition) is 2. The van der Waals surface area contributed by atoms with Crippen LogP contribution in [-0.2, 0) is 11.2 Å². The topological polar surface area (TPSA) is 49.3 Å². The van der Waals surface area contributed by atoms with Crippen LogP contribution in [0.1, 0.15) is 56.1 Å². The second-order valence-electron chi connectivity index (χ2n) is 10.1. The highest BCUT2D eigenvalue weighted by molar-refractivity contribution is 5.85. The van der Waals surface area contributed by atoms with Gasteiger partial charge in [0.2, 0.25) is 5.91 Å². The SMILES string of the molecule is Cc1cccc(CC2(CC3C4CC5CC3CC(O)(C5)C4)CCNC2=O)c1F. The van der Waals surface area contributed by atoms with E-state index in [0.717, 1.165) is 32.1 Å². The first kappa shape index (κ1) is 17.7. The summed E-state index contributed by atoms with van der Waals surface area (Å²) in [7, 11) is 0. The Kier molecular flexibility index (Phi) is 3.95. The number of aryl methyl sites for hydroxylation is 1. The summed E-state index contributed by atoms with van der Waals surface area (Å²) in [6.45, 7) is 2.49. The van der Waals surface area contributed by atoms with Crippen molar-refractivity contribution in [1.29, 1.82) is 0 Å². The van der Waals surface area contributed by atoms with E-state index in [1.54, 1.807) is 13.0 Å². The Morgan fingerprint density at radius 2 is 1.96 bits per heavy atom. The van der Waals surface area contributed by atoms with Gasteiger partial charge in [-0.1, -0.05) is 18.2 Å². The molecule has 6 rings (SSSR count). The van der Waals surface area contributed by atoms with Crippen LogP contribution in [0.4, 0.5) is 4.39 Å². The first-order valence-electron chi connectivity index (χ1n) is 10.6. The summed E-state index contributed by atoms with van der Waals surface area (Å²) < 4.78 is 14.7. The molecule has 1 heterocycles. The Bertz CT molecular complexity index is 762. The fourth-order valence-corrected chi connectivity index (χ4v) is 7.23. The van der Waals surface area contributed by atoms with Crippen molar-refractivity contribution < 1.29 is 14.3 Å². The lowest BCUT2D eigenvalue weighted by Gasteiger charge is -2.59. The van der Waals surface area contributed by atoms with Gasteiger partial charge < -0.3 is 10.4 Å². The number of carbonyl (C=O) groups excluding carboxylic acids is 1. The molecule has 1 aromatic rings. The predicted molar refractivity (Wildman–Crippen MR) is 102 cm³/mol. The third-order valence-corrected chi connectivity index (χ3v) is 8.23. The van der Waals surface area contributed by atoms with Crippen molar-refractivity contribution in [3.63, 3.8) is 0 Å². The Labute approximate surface area is 160 Å². The Morgan fingerprint density at radius 1 is 1.22 bits per heavy atom. The van der Waals surface area contributed by atoms with Gasteiger partial charge in [0, 0.05) is 6.54 Å². The number of hydrogen-bond acceptors (Lipinski definition) is 2. The minimum atomic E-state index is -0.489. The lowest BCUT2D eigenvalue weighted by molar-refractivity contribution is -0.160. The van der Waals surface area contributed by atoms with Gasteiger partial charge in [0.15, 0.2) is 0 Å². The summed E-state index contributed by atoms with van der Waals surface area (Å²) in [4.78, 5) is 12.9. The summed E-state index contributed by atoms with van der Waals surface area (Å²) in [5.74, 6) is 2.19. The van der Waals surface area contributed by atoms with E-state index in [0.29, 0.717) is 47.8 Å². The van der Waals surface area contributed by atoms with Gasteiger partial charge in [0.25, 0.3) is 0 Å². The molecule has 3 unspecified atom stereocenters. The highest BCUT2D eigenvalue weighted by atomic mass is 19.1. The fourth-order valence-electron chi connectivity index (χ4n) is 7.23. The number of rotatable bonds is 4. The fraction of sp³-hybridized carbons (Fsp3) is 0.696. The molecule has 1 aliphatic heterocycles. The van der Waals surface area contributed by atoms with E-state index in [1.807, 2.05) is 12.1 Å². The van der Waals surface area contributed by atoms with Crippen LogP contribution in [0.3, 0.4) is 0 Å². The van der Waals surface area contributed by atoms with Gasteiger partial charge >= 0.3 is 0 Å². The molecule has 5 fully saturated rings. The van der Waals surface area contributed by atoms with Gasteiger partial charge in [0.05, 0.1) is 11.0 Å². The molecule has 0 radical (unpaired) electrons. The van der Waals surface area contributed by atoms with Crippen molar-refractivity contribution in [3.05, 3.63) is 35.1 Å². The maximum absolute atomic E-state index is 14.7. The van der Waals surface area contributed by atoms with Crippen LogP contribution in [0.25, 0.3) is 0 Å². The molecular formula is C23H30FNO2. The number of carbonyl (C=O) groups is 1. The first-order valence-corrected chi connectivity index (χ1v) is 10.6. The van der Waals surface area contributed by atoms with Crippen molar-refractivity contribution in [2.75, 3.05) is 6.54 Å². The van der Waals surface area contributed by atoms with Crippen LogP contribution in [0, 0.1) is 41.8 Å². The van der Waals surface area contributed by atoms with Crippen molar-refractivity contribution in [2.45, 2.75) is 63.9 Å². The monoisotopic (exact) mass is 371 g/mol. The normalized spacial score (nSPS) is 42.6. The minimum Gasteiger partial charge on any atom is -0.390 e. The average Bonchev–Trinajstić information content (AvgIpc) is 2.94. The summed E-state index contributed by atoms with van der Waals surface area (Å²) in [5.41, 5.74) is 0.394. The van der Waals surface area contributed by atoms with E-state index >= 15 is 0 Å². The molecule has 5 aliphatic rings. The lowest BCUT2D eigenvalue weighted by Crippen LogP contribution is -2.55. The largest absolute Gasteiger partial charge is 0.390 e. The van der Waals surface area contributed by atoms with E-state index in [1.165, 1.54) is 12.8 Å². The van der Waals surface area contributed by atoms with Gasteiger partial charge in [-0.3, -0.25) is 4.79 Å². The number of halogens is 1. The number of aliphatic hydroxyl groups is 1. The van der Waals surface area contributed by atoms with Crippen LogP contribution in [0.2, 0.25) is 0 Å². The van der Waals surface area contributed by atoms with E-state index in [9.17, 15) is 14.3 Å². The van der Waals surface area contributed by atoms with E-state index in [4.69, 9.17) is 0 Å². The molecule has 4 aliphatic carbocycles. The highest BCUT2D eigenvalue weighted by Gasteiger charge is 2.57. The molecule has 27 heavy (non-hydrogen) atoms. The molecule has 146 valence electrons. The van der Waals surface area contributed by atoms with Crippen LogP contribution in [0.15, 0.2) is 18.2 Å². The van der Waals surface area contributed by atoms with E-state index in [2.05, 4.69) is 5.32 Å². The van der Waals surface area contributed by atoms with Crippen LogP contribution < -0.4 is 5.32 Å². The van der Waals surface area contributed by atoms with Gasteiger partial charge in [-0.05, 0) is 93.1 Å². The molecule has 2 N–H and O–H groups in total. The molecule has 4 saturated carbocycles. The zero-order valence-electron chi connectivity index (χ0n) is 16.1. The Balaban J connectivity index is 1.43. The van der Waals surface area contributed by atoms with Crippen molar-refractivity contribution in [1.82, 2.24) is 5.32 Å². The Hall–Kier alpha value is -1.42. The Morgan fingerprint density at radius 3 is 2.59 bits per heavy atom. The van der Waals surface area contributed by atoms with Crippen molar-refractivity contribution in [2.24, 2.45) is 29.1 Å². The highest BCUT2D eigenvalue weighted by Crippen LogP contribution is 2.61. The summed E-state index contributed by atoms with van der Waals surface area (Å²) in [6, 6.07) is 5.53. The molecule has 3 atom stereocenters. The second kappa shape index (κ2) is 6.04. The summed E-state index contributed by atoms with van der Waals surface area (Å²) >= 11 is 0. The van der Waals surface area contributed by atoms with Gasteiger partial charge in [-0.25, -0.2) is 4.39 Å². The zero-order valence-corrected chi connectivity index (χ0v) is 16.1. The summed E-state index contributed by atoms with van der Waals surface area (Å²) in [5, 5.41) is 13.9. The van der Waals surface area contributed by atoms with Crippen molar-refractivity contribution in [3.8, 4) is 0 Å². The maximum Gasteiger partial charge on any atom is 0.226 e. The standard InChI is InChI=1S/C23H30FNO2/c1-14-3-2-4-16(20(14)24)10-22(5-6-25-21(22)26)13-19-17-7-15-8-18(19)12-23(27,9-15)11-17/h2-4,15,17-19,27H,5-13H2,1H3,(H,25,26). The van der Waals surface area contributed by atoms with Gasteiger partial charge in [0.1, 0.15) is 5.82 Å². The predicted octanol–water partition coefficient (Wildman–Crippen LogP) is 3.76. The third kappa shape index (κ3) is 2.83. The second-order valence-corrected chi connectivity index (χ2v) is 10.1. The molecule has 0 aromatic heterocycles. The molecule has 3 nitrogen and oxygen atoms in total. The van der Waals surface area contributed by atoms with E-state index < -0.39 is 11.0 Å². The van der Waals surface area contributed by atoms with Crippen molar-refractivity contribution >= 4 is 5.91 Å². The molecule has 4 bridgehead atoms. The van der Waals surface area contributed by atoms with E-state index in [-0.39, 0.29) is 11.7 Å². The molecule has 1 saturated heterocycles. The number of amides is 1. The lowest BCUT2D eigenvalue weighted by atomic mass is 9.48. The number of nitrogens with one attached hydrogen (secondary N) is 1. The minimum absolute atomic E-state index is 0.107. The smallest absolute Gasteiger partial charge is 0.226 e. The maximum atomic E-state index is 14.7. The first-order chi connectivity index (χ1) is 12.9. The molecule has 1 aromatic carbocycles. The molecule has 1 amide bonds. The molecule has 4 heteroatoms. The zero-order chi connectivity index (χ0) is 18.8. The van der Waals surface area contributed by atoms with Crippen LogP contribution in [-0.4, -0.2) is 23.2 Å². The number of benzene rings is 1. The molecule has 0 spiro atoms. The summed E-state index contributed by atoms with van der Waals surface area (Å²) in [6.07, 6.45) is 7.35. The van der Waals surface area contributed by atoms with Crippen LogP contribution >= 0.6 is 0 Å².